The zero-order chi connectivity index (χ0) is 15.7. The summed E-state index contributed by atoms with van der Waals surface area (Å²) in [6.07, 6.45) is 1.88. The Morgan fingerprint density at radius 2 is 2.05 bits per heavy atom. The van der Waals surface area contributed by atoms with Crippen molar-refractivity contribution >= 4 is 21.6 Å². The third kappa shape index (κ3) is 4.02. The number of hydrogen-bond acceptors (Lipinski definition) is 3. The van der Waals surface area contributed by atoms with Crippen LogP contribution in [0.4, 0.5) is 0 Å². The standard InChI is InChI=1S/C16H22ClNO3S/c1-11-8-15(11)16(13-2-4-14(17)5-3-13)18-22(19,20)10-12-6-7-21-9-12/h2-5,11-12,15-16,18H,6-10H2,1H3/t11-,12-,15+,16-/m1/s1. The third-order valence-electron chi connectivity index (χ3n) is 4.61. The van der Waals surface area contributed by atoms with E-state index < -0.39 is 10.0 Å². The Morgan fingerprint density at radius 3 is 2.59 bits per heavy atom. The van der Waals surface area contributed by atoms with Gasteiger partial charge in [0.15, 0.2) is 0 Å². The number of rotatable bonds is 6. The van der Waals surface area contributed by atoms with Crippen LogP contribution in [0.3, 0.4) is 0 Å². The van der Waals surface area contributed by atoms with E-state index in [9.17, 15) is 8.42 Å². The summed E-state index contributed by atoms with van der Waals surface area (Å²) in [6, 6.07) is 7.31. The SMILES string of the molecule is C[C@@H]1C[C@@H]1[C@H](NS(=O)(=O)C[C@@H]1CCOC1)c1ccc(Cl)cc1. The quantitative estimate of drug-likeness (QED) is 0.863. The number of nitrogens with one attached hydrogen (secondary N) is 1. The second kappa shape index (κ2) is 6.48. The predicted octanol–water partition coefficient (Wildman–Crippen LogP) is 2.99. The van der Waals surface area contributed by atoms with Gasteiger partial charge in [-0.3, -0.25) is 0 Å². The molecule has 2 aliphatic rings. The fraction of sp³-hybridized carbons (Fsp3) is 0.625. The lowest BCUT2D eigenvalue weighted by atomic mass is 10.0. The van der Waals surface area contributed by atoms with E-state index in [0.717, 1.165) is 18.4 Å². The van der Waals surface area contributed by atoms with Gasteiger partial charge in [-0.15, -0.1) is 0 Å². The van der Waals surface area contributed by atoms with E-state index in [1.165, 1.54) is 0 Å². The molecule has 1 aromatic carbocycles. The summed E-state index contributed by atoms with van der Waals surface area (Å²) >= 11 is 5.93. The lowest BCUT2D eigenvalue weighted by Gasteiger charge is -2.20. The molecule has 4 nitrogen and oxygen atoms in total. The minimum absolute atomic E-state index is 0.111. The second-order valence-electron chi connectivity index (χ2n) is 6.53. The maximum atomic E-state index is 12.5. The van der Waals surface area contributed by atoms with Crippen LogP contribution < -0.4 is 4.72 Å². The van der Waals surface area contributed by atoms with Gasteiger partial charge in [-0.1, -0.05) is 30.7 Å². The molecule has 1 heterocycles. The van der Waals surface area contributed by atoms with Crippen molar-refractivity contribution in [3.05, 3.63) is 34.9 Å². The zero-order valence-electron chi connectivity index (χ0n) is 12.7. The van der Waals surface area contributed by atoms with Crippen molar-refractivity contribution in [2.75, 3.05) is 19.0 Å². The first kappa shape index (κ1) is 16.2. The average molecular weight is 344 g/mol. The van der Waals surface area contributed by atoms with Crippen LogP contribution in [0.25, 0.3) is 0 Å². The molecule has 122 valence electrons. The van der Waals surface area contributed by atoms with E-state index in [-0.39, 0.29) is 17.7 Å². The summed E-state index contributed by atoms with van der Waals surface area (Å²) < 4.78 is 33.2. The lowest BCUT2D eigenvalue weighted by molar-refractivity contribution is 0.188. The zero-order valence-corrected chi connectivity index (χ0v) is 14.2. The predicted molar refractivity (Wildman–Crippen MR) is 87.3 cm³/mol. The van der Waals surface area contributed by atoms with E-state index in [4.69, 9.17) is 16.3 Å². The molecule has 0 spiro atoms. The molecule has 0 aromatic heterocycles. The topological polar surface area (TPSA) is 55.4 Å². The van der Waals surface area contributed by atoms with Crippen molar-refractivity contribution in [3.8, 4) is 0 Å². The summed E-state index contributed by atoms with van der Waals surface area (Å²) in [7, 11) is -3.31. The Morgan fingerprint density at radius 1 is 1.36 bits per heavy atom. The Labute approximate surface area is 137 Å². The van der Waals surface area contributed by atoms with Gasteiger partial charge in [0.25, 0.3) is 0 Å². The Hall–Kier alpha value is -0.620. The molecule has 1 saturated heterocycles. The van der Waals surface area contributed by atoms with Crippen LogP contribution in [-0.4, -0.2) is 27.4 Å². The lowest BCUT2D eigenvalue weighted by Crippen LogP contribution is -2.34. The Balaban J connectivity index is 1.73. The van der Waals surface area contributed by atoms with Crippen LogP contribution in [-0.2, 0) is 14.8 Å². The summed E-state index contributed by atoms with van der Waals surface area (Å²) in [5.41, 5.74) is 0.991. The van der Waals surface area contributed by atoms with Gasteiger partial charge in [0, 0.05) is 17.7 Å². The summed E-state index contributed by atoms with van der Waals surface area (Å²) in [5, 5.41) is 0.664. The summed E-state index contributed by atoms with van der Waals surface area (Å²) in [6.45, 7) is 3.37. The highest BCUT2D eigenvalue weighted by molar-refractivity contribution is 7.89. The third-order valence-corrected chi connectivity index (χ3v) is 6.39. The molecular weight excluding hydrogens is 322 g/mol. The average Bonchev–Trinajstić information content (AvgIpc) is 2.95. The van der Waals surface area contributed by atoms with Crippen molar-refractivity contribution in [3.63, 3.8) is 0 Å². The van der Waals surface area contributed by atoms with Crippen LogP contribution in [0, 0.1) is 17.8 Å². The maximum absolute atomic E-state index is 12.5. The molecule has 1 aliphatic heterocycles. The molecule has 6 heteroatoms. The van der Waals surface area contributed by atoms with E-state index in [1.54, 1.807) is 0 Å². The second-order valence-corrected chi connectivity index (χ2v) is 8.77. The normalized spacial score (nSPS) is 29.5. The van der Waals surface area contributed by atoms with E-state index in [1.807, 2.05) is 24.3 Å². The molecule has 1 aromatic rings. The molecule has 3 rings (SSSR count). The molecule has 22 heavy (non-hydrogen) atoms. The molecule has 4 atom stereocenters. The van der Waals surface area contributed by atoms with Crippen molar-refractivity contribution in [2.45, 2.75) is 25.8 Å². The molecule has 0 radical (unpaired) electrons. The maximum Gasteiger partial charge on any atom is 0.212 e. The summed E-state index contributed by atoms with van der Waals surface area (Å²) in [4.78, 5) is 0. The highest BCUT2D eigenvalue weighted by atomic mass is 35.5. The van der Waals surface area contributed by atoms with Crippen molar-refractivity contribution in [1.29, 1.82) is 0 Å². The first-order valence-electron chi connectivity index (χ1n) is 7.78. The Bertz CT molecular complexity index is 611. The van der Waals surface area contributed by atoms with Crippen LogP contribution in [0.5, 0.6) is 0 Å². The van der Waals surface area contributed by atoms with E-state index in [0.29, 0.717) is 30.1 Å². The van der Waals surface area contributed by atoms with Gasteiger partial charge >= 0.3 is 0 Å². The largest absolute Gasteiger partial charge is 0.381 e. The molecule has 0 unspecified atom stereocenters. The van der Waals surface area contributed by atoms with Gasteiger partial charge in [-0.05, 0) is 48.3 Å². The molecule has 0 amide bonds. The first-order chi connectivity index (χ1) is 10.4. The van der Waals surface area contributed by atoms with E-state index in [2.05, 4.69) is 11.6 Å². The number of halogens is 1. The van der Waals surface area contributed by atoms with Crippen LogP contribution >= 0.6 is 11.6 Å². The van der Waals surface area contributed by atoms with E-state index >= 15 is 0 Å². The number of hydrogen-bond donors (Lipinski definition) is 1. The van der Waals surface area contributed by atoms with Gasteiger partial charge in [0.05, 0.1) is 12.4 Å². The molecular formula is C16H22ClNO3S. The fourth-order valence-electron chi connectivity index (χ4n) is 3.15. The molecule has 1 N–H and O–H groups in total. The molecule has 0 bridgehead atoms. The summed E-state index contributed by atoms with van der Waals surface area (Å²) in [5.74, 6) is 1.19. The fourth-order valence-corrected chi connectivity index (χ4v) is 4.96. The molecule has 1 aliphatic carbocycles. The van der Waals surface area contributed by atoms with Gasteiger partial charge in [-0.25, -0.2) is 13.1 Å². The van der Waals surface area contributed by atoms with Gasteiger partial charge in [0.2, 0.25) is 10.0 Å². The minimum atomic E-state index is -3.31. The highest BCUT2D eigenvalue weighted by Crippen LogP contribution is 2.47. The monoisotopic (exact) mass is 343 g/mol. The van der Waals surface area contributed by atoms with Crippen molar-refractivity contribution < 1.29 is 13.2 Å². The Kier molecular flexibility index (Phi) is 4.78. The van der Waals surface area contributed by atoms with Crippen LogP contribution in [0.2, 0.25) is 5.02 Å². The first-order valence-corrected chi connectivity index (χ1v) is 9.81. The number of sulfonamides is 1. The highest BCUT2D eigenvalue weighted by Gasteiger charge is 2.42. The van der Waals surface area contributed by atoms with Crippen LogP contribution in [0.15, 0.2) is 24.3 Å². The van der Waals surface area contributed by atoms with Crippen molar-refractivity contribution in [2.24, 2.45) is 17.8 Å². The number of benzene rings is 1. The van der Waals surface area contributed by atoms with Gasteiger partial charge in [-0.2, -0.15) is 0 Å². The van der Waals surface area contributed by atoms with Gasteiger partial charge in [0.1, 0.15) is 0 Å². The van der Waals surface area contributed by atoms with Crippen molar-refractivity contribution in [1.82, 2.24) is 4.72 Å². The molecule has 2 fully saturated rings. The minimum Gasteiger partial charge on any atom is -0.381 e. The van der Waals surface area contributed by atoms with Gasteiger partial charge < -0.3 is 4.74 Å². The number of ether oxygens (including phenoxy) is 1. The van der Waals surface area contributed by atoms with Crippen LogP contribution in [0.1, 0.15) is 31.4 Å². The molecule has 1 saturated carbocycles. The smallest absolute Gasteiger partial charge is 0.212 e.